The monoisotopic (exact) mass is 353 g/mol. The van der Waals surface area contributed by atoms with Crippen LogP contribution in [-0.4, -0.2) is 34.3 Å². The Hall–Kier alpha value is -2.35. The Morgan fingerprint density at radius 3 is 2.67 bits per heavy atom. The highest BCUT2D eigenvalue weighted by atomic mass is 79.9. The molecule has 0 radical (unpaired) electrons. The topological polar surface area (TPSA) is 104 Å². The van der Waals surface area contributed by atoms with Crippen molar-refractivity contribution in [2.45, 2.75) is 6.92 Å². The van der Waals surface area contributed by atoms with E-state index in [9.17, 15) is 9.59 Å². The van der Waals surface area contributed by atoms with E-state index >= 15 is 0 Å². The van der Waals surface area contributed by atoms with Gasteiger partial charge in [-0.1, -0.05) is 15.9 Å². The van der Waals surface area contributed by atoms with Crippen molar-refractivity contribution in [3.63, 3.8) is 0 Å². The van der Waals surface area contributed by atoms with Crippen LogP contribution in [0.25, 0.3) is 11.3 Å². The van der Waals surface area contributed by atoms with Crippen LogP contribution in [0, 0.1) is 0 Å². The SMILES string of the molecule is COc1ccc(Br)c(-c2cc(C(=O)O)[nH]n2)c1NC(C)=O. The Morgan fingerprint density at radius 2 is 2.14 bits per heavy atom. The molecule has 8 heteroatoms. The molecule has 3 N–H and O–H groups in total. The number of nitrogens with one attached hydrogen (secondary N) is 2. The summed E-state index contributed by atoms with van der Waals surface area (Å²) in [6, 6.07) is 4.80. The van der Waals surface area contributed by atoms with E-state index in [2.05, 4.69) is 31.4 Å². The smallest absolute Gasteiger partial charge is 0.353 e. The van der Waals surface area contributed by atoms with Crippen LogP contribution in [0.1, 0.15) is 17.4 Å². The lowest BCUT2D eigenvalue weighted by atomic mass is 10.1. The lowest BCUT2D eigenvalue weighted by Gasteiger charge is -2.14. The van der Waals surface area contributed by atoms with Crippen LogP contribution in [-0.2, 0) is 4.79 Å². The van der Waals surface area contributed by atoms with E-state index < -0.39 is 5.97 Å². The number of halogens is 1. The number of carbonyl (C=O) groups is 2. The number of ether oxygens (including phenoxy) is 1. The lowest BCUT2D eigenvalue weighted by molar-refractivity contribution is -0.114. The Kier molecular flexibility index (Phi) is 4.27. The van der Waals surface area contributed by atoms with Crippen LogP contribution in [0.3, 0.4) is 0 Å². The number of H-pyrrole nitrogens is 1. The van der Waals surface area contributed by atoms with Crippen molar-refractivity contribution < 1.29 is 19.4 Å². The molecule has 0 bridgehead atoms. The average Bonchev–Trinajstić information content (AvgIpc) is 2.88. The van der Waals surface area contributed by atoms with Crippen molar-refractivity contribution >= 4 is 33.5 Å². The van der Waals surface area contributed by atoms with E-state index in [1.165, 1.54) is 20.1 Å². The lowest BCUT2D eigenvalue weighted by Crippen LogP contribution is -2.09. The molecule has 0 spiro atoms. The molecule has 0 aliphatic rings. The van der Waals surface area contributed by atoms with Crippen molar-refractivity contribution in [1.29, 1.82) is 0 Å². The second-order valence-electron chi connectivity index (χ2n) is 4.15. The maximum Gasteiger partial charge on any atom is 0.353 e. The molecule has 1 heterocycles. The highest BCUT2D eigenvalue weighted by molar-refractivity contribution is 9.10. The van der Waals surface area contributed by atoms with Gasteiger partial charge >= 0.3 is 5.97 Å². The zero-order chi connectivity index (χ0) is 15.6. The minimum atomic E-state index is -1.12. The van der Waals surface area contributed by atoms with E-state index in [-0.39, 0.29) is 11.6 Å². The summed E-state index contributed by atoms with van der Waals surface area (Å²) in [6.07, 6.45) is 0. The number of carbonyl (C=O) groups excluding carboxylic acids is 1. The number of carboxylic acid groups (broad SMARTS) is 1. The van der Waals surface area contributed by atoms with Crippen LogP contribution in [0.4, 0.5) is 5.69 Å². The third kappa shape index (κ3) is 3.05. The van der Waals surface area contributed by atoms with E-state index in [4.69, 9.17) is 9.84 Å². The summed E-state index contributed by atoms with van der Waals surface area (Å²) >= 11 is 3.38. The zero-order valence-electron chi connectivity index (χ0n) is 11.2. The molecule has 2 rings (SSSR count). The Balaban J connectivity index is 2.64. The number of benzene rings is 1. The highest BCUT2D eigenvalue weighted by Crippen LogP contribution is 2.40. The molecular weight excluding hydrogens is 342 g/mol. The average molecular weight is 354 g/mol. The fourth-order valence-corrected chi connectivity index (χ4v) is 2.37. The molecule has 110 valence electrons. The number of rotatable bonds is 4. The molecule has 21 heavy (non-hydrogen) atoms. The second-order valence-corrected chi connectivity index (χ2v) is 5.01. The molecule has 1 aromatic carbocycles. The molecule has 2 aromatic rings. The van der Waals surface area contributed by atoms with Crippen molar-refractivity contribution in [1.82, 2.24) is 10.2 Å². The van der Waals surface area contributed by atoms with Gasteiger partial charge in [-0.05, 0) is 18.2 Å². The summed E-state index contributed by atoms with van der Waals surface area (Å²) in [4.78, 5) is 22.3. The number of hydrogen-bond donors (Lipinski definition) is 3. The predicted octanol–water partition coefficient (Wildman–Crippen LogP) is 2.50. The number of aromatic nitrogens is 2. The van der Waals surface area contributed by atoms with Crippen LogP contribution < -0.4 is 10.1 Å². The van der Waals surface area contributed by atoms with Crippen molar-refractivity contribution in [2.75, 3.05) is 12.4 Å². The predicted molar refractivity (Wildman–Crippen MR) is 79.5 cm³/mol. The number of nitrogens with zero attached hydrogens (tertiary/aromatic N) is 1. The summed E-state index contributed by atoms with van der Waals surface area (Å²) in [5.74, 6) is -0.946. The number of amides is 1. The van der Waals surface area contributed by atoms with Gasteiger partial charge in [-0.3, -0.25) is 9.89 Å². The summed E-state index contributed by atoms with van der Waals surface area (Å²) in [7, 11) is 1.48. The number of carboxylic acids is 1. The maximum absolute atomic E-state index is 11.4. The first kappa shape index (κ1) is 15.0. The van der Waals surface area contributed by atoms with Gasteiger partial charge in [0.25, 0.3) is 0 Å². The first-order chi connectivity index (χ1) is 9.93. The Labute approximate surface area is 128 Å². The van der Waals surface area contributed by atoms with Gasteiger partial charge in [0.05, 0.1) is 18.5 Å². The first-order valence-electron chi connectivity index (χ1n) is 5.87. The summed E-state index contributed by atoms with van der Waals surface area (Å²) in [6.45, 7) is 1.37. The van der Waals surface area contributed by atoms with Crippen LogP contribution >= 0.6 is 15.9 Å². The van der Waals surface area contributed by atoms with Gasteiger partial charge in [0.2, 0.25) is 5.91 Å². The first-order valence-corrected chi connectivity index (χ1v) is 6.66. The molecular formula is C13H12BrN3O4. The minimum Gasteiger partial charge on any atom is -0.495 e. The molecule has 0 saturated carbocycles. The summed E-state index contributed by atoms with van der Waals surface area (Å²) in [5, 5.41) is 18.0. The molecule has 0 fully saturated rings. The van der Waals surface area contributed by atoms with Crippen LogP contribution in [0.5, 0.6) is 5.75 Å². The van der Waals surface area contributed by atoms with E-state index in [1.54, 1.807) is 12.1 Å². The number of aromatic amines is 1. The molecule has 0 saturated heterocycles. The largest absolute Gasteiger partial charge is 0.495 e. The van der Waals surface area contributed by atoms with Crippen LogP contribution in [0.15, 0.2) is 22.7 Å². The number of anilines is 1. The summed E-state index contributed by atoms with van der Waals surface area (Å²) in [5.41, 5.74) is 1.28. The molecule has 1 aromatic heterocycles. The van der Waals surface area contributed by atoms with E-state index in [0.29, 0.717) is 27.2 Å². The molecule has 0 aliphatic heterocycles. The second kappa shape index (κ2) is 5.96. The van der Waals surface area contributed by atoms with Crippen LogP contribution in [0.2, 0.25) is 0 Å². The number of methoxy groups -OCH3 is 1. The van der Waals surface area contributed by atoms with Gasteiger partial charge in [0, 0.05) is 17.0 Å². The normalized spacial score (nSPS) is 10.2. The van der Waals surface area contributed by atoms with Gasteiger partial charge < -0.3 is 15.2 Å². The van der Waals surface area contributed by atoms with Gasteiger partial charge in [0.1, 0.15) is 11.4 Å². The van der Waals surface area contributed by atoms with Crippen molar-refractivity contribution in [2.24, 2.45) is 0 Å². The van der Waals surface area contributed by atoms with E-state index in [1.807, 2.05) is 0 Å². The Bertz CT molecular complexity index is 711. The van der Waals surface area contributed by atoms with Crippen molar-refractivity contribution in [3.8, 4) is 17.0 Å². The summed E-state index contributed by atoms with van der Waals surface area (Å²) < 4.78 is 5.88. The zero-order valence-corrected chi connectivity index (χ0v) is 12.8. The quantitative estimate of drug-likeness (QED) is 0.783. The Morgan fingerprint density at radius 1 is 1.43 bits per heavy atom. The third-order valence-electron chi connectivity index (χ3n) is 2.70. The highest BCUT2D eigenvalue weighted by Gasteiger charge is 2.19. The number of aromatic carboxylic acids is 1. The molecule has 1 amide bonds. The molecule has 0 unspecified atom stereocenters. The van der Waals surface area contributed by atoms with Gasteiger partial charge in [-0.25, -0.2) is 4.79 Å². The van der Waals surface area contributed by atoms with Gasteiger partial charge in [-0.2, -0.15) is 5.10 Å². The molecule has 0 atom stereocenters. The van der Waals surface area contributed by atoms with Gasteiger partial charge in [0.15, 0.2) is 0 Å². The van der Waals surface area contributed by atoms with Crippen molar-refractivity contribution in [3.05, 3.63) is 28.4 Å². The maximum atomic E-state index is 11.4. The van der Waals surface area contributed by atoms with Gasteiger partial charge in [-0.15, -0.1) is 0 Å². The number of hydrogen-bond acceptors (Lipinski definition) is 4. The minimum absolute atomic E-state index is 0.0477. The fraction of sp³-hybridized carbons (Fsp3) is 0.154. The standard InChI is InChI=1S/C13H12BrN3O4/c1-6(18)15-12-10(21-2)4-3-7(14)11(12)8-5-9(13(19)20)17-16-8/h3-5H,1-2H3,(H,15,18)(H,16,17)(H,19,20). The van der Waals surface area contributed by atoms with E-state index in [0.717, 1.165) is 0 Å². The fourth-order valence-electron chi connectivity index (χ4n) is 1.84. The third-order valence-corrected chi connectivity index (χ3v) is 3.36. The molecule has 0 aliphatic carbocycles. The molecule has 7 nitrogen and oxygen atoms in total.